The Balaban J connectivity index is 3.95. The molecule has 0 aliphatic rings. The number of aliphatic hydroxyl groups excluding tert-OH is 3. The first-order chi connectivity index (χ1) is 6.28. The van der Waals surface area contributed by atoms with Gasteiger partial charge in [0.1, 0.15) is 12.2 Å². The molecule has 0 aromatic heterocycles. The molecule has 0 spiro atoms. The van der Waals surface area contributed by atoms with Gasteiger partial charge in [-0.15, -0.1) is 0 Å². The fraction of sp³-hybridized carbons (Fsp3) is 0.833. The van der Waals surface area contributed by atoms with E-state index >= 15 is 0 Å². The summed E-state index contributed by atoms with van der Waals surface area (Å²) in [5, 5.41) is 26.4. The van der Waals surface area contributed by atoms with Crippen molar-refractivity contribution < 1.29 is 33.3 Å². The third-order valence-electron chi connectivity index (χ3n) is 1.30. The first-order valence-electron chi connectivity index (χ1n) is 3.48. The van der Waals surface area contributed by atoms with Gasteiger partial charge in [0, 0.05) is 5.75 Å². The summed E-state index contributed by atoms with van der Waals surface area (Å²) in [6.07, 6.45) is -5.64. The summed E-state index contributed by atoms with van der Waals surface area (Å²) in [5.41, 5.74) is -4.52. The minimum Gasteiger partial charge on any atom is -0.389 e. The van der Waals surface area contributed by atoms with Crippen LogP contribution in [0.5, 0.6) is 0 Å². The summed E-state index contributed by atoms with van der Waals surface area (Å²) in [7, 11) is 0. The molecule has 0 heterocycles. The number of carbonyl (C=O) groups is 1. The van der Waals surface area contributed by atoms with Gasteiger partial charge >= 0.3 is 5.51 Å². The number of thioether (sulfide) groups is 1. The van der Waals surface area contributed by atoms with E-state index in [1.165, 1.54) is 0 Å². The van der Waals surface area contributed by atoms with Gasteiger partial charge in [-0.3, -0.25) is 0 Å². The predicted molar refractivity (Wildman–Crippen MR) is 42.6 cm³/mol. The molecule has 0 aliphatic carbocycles. The number of rotatable bonds is 5. The summed E-state index contributed by atoms with van der Waals surface area (Å²) in [5.74, 6) is -0.838. The molecule has 0 unspecified atom stereocenters. The Hall–Kier alpha value is -0.310. The molecule has 14 heavy (non-hydrogen) atoms. The third kappa shape index (κ3) is 5.43. The van der Waals surface area contributed by atoms with Gasteiger partial charge in [-0.2, -0.15) is 13.2 Å². The minimum absolute atomic E-state index is 0.0634. The molecule has 0 fully saturated rings. The van der Waals surface area contributed by atoms with Crippen molar-refractivity contribution in [3.8, 4) is 0 Å². The molecule has 0 saturated carbocycles. The summed E-state index contributed by atoms with van der Waals surface area (Å²) in [6, 6.07) is 0. The van der Waals surface area contributed by atoms with Gasteiger partial charge in [0.25, 0.3) is 0 Å². The zero-order valence-corrected chi connectivity index (χ0v) is 7.63. The molecule has 4 nitrogen and oxygen atoms in total. The van der Waals surface area contributed by atoms with Crippen molar-refractivity contribution in [2.75, 3.05) is 5.75 Å². The van der Waals surface area contributed by atoms with Crippen LogP contribution in [0.3, 0.4) is 0 Å². The van der Waals surface area contributed by atoms with Crippen molar-refractivity contribution >= 4 is 18.0 Å². The Bertz CT molecular complexity index is 186. The summed E-state index contributed by atoms with van der Waals surface area (Å²) in [6.45, 7) is 0. The van der Waals surface area contributed by atoms with E-state index < -0.39 is 41.3 Å². The summed E-state index contributed by atoms with van der Waals surface area (Å²) < 4.78 is 34.8. The number of hydrogen-bond acceptors (Lipinski definition) is 5. The van der Waals surface area contributed by atoms with Crippen LogP contribution in [-0.4, -0.2) is 51.2 Å². The van der Waals surface area contributed by atoms with Crippen LogP contribution in [0, 0.1) is 0 Å². The molecule has 3 atom stereocenters. The number of carbonyl (C=O) groups excluding carboxylic acids is 1. The zero-order valence-electron chi connectivity index (χ0n) is 6.81. The van der Waals surface area contributed by atoms with E-state index in [0.29, 0.717) is 0 Å². The molecule has 3 N–H and O–H groups in total. The van der Waals surface area contributed by atoms with E-state index in [0.717, 1.165) is 0 Å². The van der Waals surface area contributed by atoms with Crippen molar-refractivity contribution in [2.24, 2.45) is 0 Å². The smallest absolute Gasteiger partial charge is 0.389 e. The van der Waals surface area contributed by atoms with Gasteiger partial charge in [-0.1, -0.05) is 0 Å². The van der Waals surface area contributed by atoms with E-state index in [1.54, 1.807) is 0 Å². The van der Waals surface area contributed by atoms with Crippen molar-refractivity contribution in [1.82, 2.24) is 0 Å². The molecule has 84 valence electrons. The third-order valence-corrected chi connectivity index (χ3v) is 2.14. The Morgan fingerprint density at radius 1 is 1.29 bits per heavy atom. The maximum absolute atomic E-state index is 11.6. The van der Waals surface area contributed by atoms with Gasteiger partial charge < -0.3 is 20.1 Å². The lowest BCUT2D eigenvalue weighted by molar-refractivity contribution is -0.124. The molecular weight excluding hydrogens is 225 g/mol. The first kappa shape index (κ1) is 13.7. The molecule has 0 aromatic carbocycles. The Morgan fingerprint density at radius 3 is 2.14 bits per heavy atom. The predicted octanol–water partition coefficient (Wildman–Crippen LogP) is -0.479. The second kappa shape index (κ2) is 5.54. The first-order valence-corrected chi connectivity index (χ1v) is 4.46. The molecule has 0 amide bonds. The van der Waals surface area contributed by atoms with E-state index in [9.17, 15) is 18.0 Å². The minimum atomic E-state index is -4.52. The van der Waals surface area contributed by atoms with Crippen LogP contribution in [0.25, 0.3) is 0 Å². The molecular formula is C6H9F3O4S. The lowest BCUT2D eigenvalue weighted by Gasteiger charge is -2.19. The molecule has 0 saturated heterocycles. The highest BCUT2D eigenvalue weighted by Gasteiger charge is 2.32. The van der Waals surface area contributed by atoms with Gasteiger partial charge in [0.15, 0.2) is 6.29 Å². The van der Waals surface area contributed by atoms with E-state index in [-0.39, 0.29) is 6.29 Å². The standard InChI is InChI=1S/C6H9F3O4S/c7-6(8,9)14-2-4(12)5(13)3(11)1-10/h1,3-5,11-13H,2H2/t3-,4+,5-/m0/s1. The number of halogens is 3. The fourth-order valence-corrected chi connectivity index (χ4v) is 1.14. The van der Waals surface area contributed by atoms with Crippen molar-refractivity contribution in [2.45, 2.75) is 23.8 Å². The highest BCUT2D eigenvalue weighted by molar-refractivity contribution is 8.00. The lowest BCUT2D eigenvalue weighted by Crippen LogP contribution is -2.40. The molecule has 0 rings (SSSR count). The fourth-order valence-electron chi connectivity index (χ4n) is 0.587. The molecule has 0 radical (unpaired) electrons. The van der Waals surface area contributed by atoms with Crippen molar-refractivity contribution in [3.63, 3.8) is 0 Å². The summed E-state index contributed by atoms with van der Waals surface area (Å²) in [4.78, 5) is 9.90. The van der Waals surface area contributed by atoms with Crippen LogP contribution < -0.4 is 0 Å². The lowest BCUT2D eigenvalue weighted by atomic mass is 10.1. The number of alkyl halides is 3. The number of aliphatic hydroxyl groups is 3. The molecule has 8 heteroatoms. The monoisotopic (exact) mass is 234 g/mol. The van der Waals surface area contributed by atoms with E-state index in [4.69, 9.17) is 15.3 Å². The molecule has 0 aromatic rings. The van der Waals surface area contributed by atoms with Gasteiger partial charge in [0.2, 0.25) is 0 Å². The van der Waals surface area contributed by atoms with E-state index in [1.807, 2.05) is 0 Å². The van der Waals surface area contributed by atoms with Crippen LogP contribution in [0.1, 0.15) is 0 Å². The highest BCUT2D eigenvalue weighted by Crippen LogP contribution is 2.30. The van der Waals surface area contributed by atoms with Crippen LogP contribution in [0.15, 0.2) is 0 Å². The van der Waals surface area contributed by atoms with Crippen molar-refractivity contribution in [3.05, 3.63) is 0 Å². The topological polar surface area (TPSA) is 77.8 Å². The Kier molecular flexibility index (Phi) is 5.42. The van der Waals surface area contributed by atoms with Gasteiger partial charge in [0.05, 0.1) is 6.10 Å². The van der Waals surface area contributed by atoms with Crippen LogP contribution in [-0.2, 0) is 4.79 Å². The second-order valence-corrected chi connectivity index (χ2v) is 3.53. The Morgan fingerprint density at radius 2 is 1.79 bits per heavy atom. The normalized spacial score (nSPS) is 18.7. The highest BCUT2D eigenvalue weighted by atomic mass is 32.2. The molecule has 0 bridgehead atoms. The number of aldehydes is 1. The maximum Gasteiger partial charge on any atom is 0.441 e. The van der Waals surface area contributed by atoms with Crippen LogP contribution in [0.2, 0.25) is 0 Å². The zero-order chi connectivity index (χ0) is 11.4. The molecule has 0 aliphatic heterocycles. The Labute approximate surface area is 81.7 Å². The van der Waals surface area contributed by atoms with Crippen LogP contribution >= 0.6 is 11.8 Å². The van der Waals surface area contributed by atoms with Gasteiger partial charge in [-0.25, -0.2) is 0 Å². The summed E-state index contributed by atoms with van der Waals surface area (Å²) >= 11 is -0.539. The van der Waals surface area contributed by atoms with Crippen LogP contribution in [0.4, 0.5) is 13.2 Å². The maximum atomic E-state index is 11.6. The average Bonchev–Trinajstić information content (AvgIpc) is 2.10. The SMILES string of the molecule is O=C[C@H](O)[C@H](O)[C@H](O)CSC(F)(F)F. The quantitative estimate of drug-likeness (QED) is 0.560. The average molecular weight is 234 g/mol. The van der Waals surface area contributed by atoms with E-state index in [2.05, 4.69) is 0 Å². The number of hydrogen-bond donors (Lipinski definition) is 3. The van der Waals surface area contributed by atoms with Gasteiger partial charge in [-0.05, 0) is 11.8 Å². The largest absolute Gasteiger partial charge is 0.441 e. The van der Waals surface area contributed by atoms with Crippen molar-refractivity contribution in [1.29, 1.82) is 0 Å². The second-order valence-electron chi connectivity index (χ2n) is 2.44.